The quantitative estimate of drug-likeness (QED) is 0.633. The number of nitrogens with two attached hydrogens (primary N) is 1. The maximum absolute atomic E-state index is 12.8. The Morgan fingerprint density at radius 2 is 2.00 bits per heavy atom. The molecule has 0 bridgehead atoms. The van der Waals surface area contributed by atoms with Gasteiger partial charge >= 0.3 is 0 Å². The molecular formula is C20H28N4O4S. The van der Waals surface area contributed by atoms with E-state index in [-0.39, 0.29) is 11.2 Å². The molecule has 1 saturated carbocycles. The number of carbonyl (C=O) groups excluding carboxylic acids is 1. The van der Waals surface area contributed by atoms with E-state index in [9.17, 15) is 13.2 Å². The molecule has 3 heterocycles. The topological polar surface area (TPSA) is 115 Å². The van der Waals surface area contributed by atoms with Crippen molar-refractivity contribution in [1.29, 1.82) is 0 Å². The zero-order valence-electron chi connectivity index (χ0n) is 16.4. The summed E-state index contributed by atoms with van der Waals surface area (Å²) in [5.41, 5.74) is 6.35. The van der Waals surface area contributed by atoms with Crippen molar-refractivity contribution < 1.29 is 17.9 Å². The van der Waals surface area contributed by atoms with Gasteiger partial charge in [-0.25, -0.2) is 17.7 Å². The predicted molar refractivity (Wildman–Crippen MR) is 110 cm³/mol. The monoisotopic (exact) mass is 420 g/mol. The number of anilines is 1. The van der Waals surface area contributed by atoms with Crippen molar-refractivity contribution in [3.63, 3.8) is 0 Å². The Morgan fingerprint density at radius 3 is 2.66 bits per heavy atom. The fourth-order valence-electron chi connectivity index (χ4n) is 4.54. The van der Waals surface area contributed by atoms with Crippen LogP contribution in [0.4, 0.5) is 5.82 Å². The SMILES string of the molecule is Nc1ccc(/C=C/C(=O)NCCC2C3CN(S(=O)(=O)C4CCOCC4)CC23)cn1. The van der Waals surface area contributed by atoms with E-state index in [1.54, 1.807) is 28.7 Å². The highest BCUT2D eigenvalue weighted by Gasteiger charge is 2.57. The molecule has 0 radical (unpaired) electrons. The first-order valence-electron chi connectivity index (χ1n) is 10.2. The molecule has 8 nitrogen and oxygen atoms in total. The highest BCUT2D eigenvalue weighted by Crippen LogP contribution is 2.54. The molecule has 0 aromatic carbocycles. The van der Waals surface area contributed by atoms with Crippen LogP contribution in [0.5, 0.6) is 0 Å². The number of rotatable bonds is 7. The third kappa shape index (κ3) is 4.62. The van der Waals surface area contributed by atoms with E-state index in [1.165, 1.54) is 6.08 Å². The van der Waals surface area contributed by atoms with Crippen molar-refractivity contribution in [3.05, 3.63) is 30.0 Å². The van der Waals surface area contributed by atoms with Crippen LogP contribution in [0.1, 0.15) is 24.8 Å². The number of sulfonamides is 1. The lowest BCUT2D eigenvalue weighted by Gasteiger charge is -2.28. The predicted octanol–water partition coefficient (Wildman–Crippen LogP) is 0.870. The zero-order valence-corrected chi connectivity index (χ0v) is 17.2. The first-order chi connectivity index (χ1) is 13.9. The standard InChI is InChI=1S/C20H28N4O4S/c21-19-3-1-14(11-23-19)2-4-20(25)22-8-5-16-17-12-24(13-18(16)17)29(26,27)15-6-9-28-10-7-15/h1-4,11,15-18H,5-10,12-13H2,(H2,21,23)(H,22,25)/b4-2+. The first kappa shape index (κ1) is 20.3. The molecule has 2 saturated heterocycles. The van der Waals surface area contributed by atoms with Crippen LogP contribution in [-0.2, 0) is 19.6 Å². The summed E-state index contributed by atoms with van der Waals surface area (Å²) in [6.45, 7) is 2.94. The normalized spacial score (nSPS) is 27.8. The molecule has 4 rings (SSSR count). The zero-order chi connectivity index (χ0) is 20.4. The second-order valence-corrected chi connectivity index (χ2v) is 10.3. The van der Waals surface area contributed by atoms with Crippen LogP contribution in [0.25, 0.3) is 6.08 Å². The van der Waals surface area contributed by atoms with E-state index in [4.69, 9.17) is 10.5 Å². The molecular weight excluding hydrogens is 392 g/mol. The smallest absolute Gasteiger partial charge is 0.244 e. The molecule has 3 aliphatic rings. The summed E-state index contributed by atoms with van der Waals surface area (Å²) >= 11 is 0. The fourth-order valence-corrected chi connectivity index (χ4v) is 6.51. The van der Waals surface area contributed by atoms with E-state index < -0.39 is 10.0 Å². The van der Waals surface area contributed by atoms with Gasteiger partial charge in [-0.05, 0) is 60.8 Å². The van der Waals surface area contributed by atoms with Gasteiger partial charge in [-0.1, -0.05) is 0 Å². The minimum Gasteiger partial charge on any atom is -0.384 e. The van der Waals surface area contributed by atoms with Crippen LogP contribution < -0.4 is 11.1 Å². The lowest BCUT2D eigenvalue weighted by Crippen LogP contribution is -2.41. The summed E-state index contributed by atoms with van der Waals surface area (Å²) < 4.78 is 32.5. The van der Waals surface area contributed by atoms with Gasteiger partial charge in [0.05, 0.1) is 5.25 Å². The maximum atomic E-state index is 12.8. The molecule has 29 heavy (non-hydrogen) atoms. The maximum Gasteiger partial charge on any atom is 0.244 e. The number of fused-ring (bicyclic) bond motifs is 1. The van der Waals surface area contributed by atoms with Gasteiger partial charge in [0.25, 0.3) is 0 Å². The Balaban J connectivity index is 1.17. The third-order valence-electron chi connectivity index (χ3n) is 6.30. The second kappa shape index (κ2) is 8.41. The van der Waals surface area contributed by atoms with Gasteiger partial charge in [0, 0.05) is 45.1 Å². The number of ether oxygens (including phenoxy) is 1. The number of nitrogen functional groups attached to an aromatic ring is 1. The first-order valence-corrected chi connectivity index (χ1v) is 11.7. The molecule has 1 aromatic rings. The second-order valence-electron chi connectivity index (χ2n) is 8.09. The molecule has 3 N–H and O–H groups in total. The summed E-state index contributed by atoms with van der Waals surface area (Å²) in [5, 5.41) is 2.62. The third-order valence-corrected chi connectivity index (χ3v) is 8.63. The van der Waals surface area contributed by atoms with Crippen LogP contribution in [0, 0.1) is 17.8 Å². The van der Waals surface area contributed by atoms with Crippen molar-refractivity contribution in [1.82, 2.24) is 14.6 Å². The van der Waals surface area contributed by atoms with Crippen molar-refractivity contribution in [2.45, 2.75) is 24.5 Å². The number of nitrogens with zero attached hydrogens (tertiary/aromatic N) is 2. The Labute approximate surface area is 171 Å². The molecule has 1 aromatic heterocycles. The van der Waals surface area contributed by atoms with E-state index in [2.05, 4.69) is 10.3 Å². The lowest BCUT2D eigenvalue weighted by molar-refractivity contribution is -0.116. The number of amides is 1. The number of carbonyl (C=O) groups is 1. The lowest BCUT2D eigenvalue weighted by atomic mass is 10.2. The van der Waals surface area contributed by atoms with E-state index in [0.29, 0.717) is 69.3 Å². The molecule has 2 unspecified atom stereocenters. The summed E-state index contributed by atoms with van der Waals surface area (Å²) in [4.78, 5) is 15.9. The van der Waals surface area contributed by atoms with Gasteiger partial charge in [0.2, 0.25) is 15.9 Å². The molecule has 2 aliphatic heterocycles. The summed E-state index contributed by atoms with van der Waals surface area (Å²) in [6.07, 6.45) is 6.90. The minimum atomic E-state index is -3.20. The Morgan fingerprint density at radius 1 is 1.28 bits per heavy atom. The Bertz CT molecular complexity index is 853. The number of hydrogen-bond acceptors (Lipinski definition) is 6. The molecule has 1 aliphatic carbocycles. The number of hydrogen-bond donors (Lipinski definition) is 2. The van der Waals surface area contributed by atoms with Crippen molar-refractivity contribution in [2.75, 3.05) is 38.6 Å². The van der Waals surface area contributed by atoms with Gasteiger partial charge in [0.1, 0.15) is 5.82 Å². The average Bonchev–Trinajstić information content (AvgIpc) is 3.16. The Hall–Kier alpha value is -1.97. The molecule has 2 atom stereocenters. The number of piperidine rings is 1. The molecule has 0 spiro atoms. The van der Waals surface area contributed by atoms with Crippen LogP contribution >= 0.6 is 0 Å². The number of nitrogens with one attached hydrogen (secondary N) is 1. The van der Waals surface area contributed by atoms with Crippen molar-refractivity contribution in [2.24, 2.45) is 17.8 Å². The van der Waals surface area contributed by atoms with Crippen LogP contribution in [0.15, 0.2) is 24.4 Å². The van der Waals surface area contributed by atoms with E-state index >= 15 is 0 Å². The van der Waals surface area contributed by atoms with Gasteiger partial charge in [-0.2, -0.15) is 0 Å². The van der Waals surface area contributed by atoms with Gasteiger partial charge in [-0.15, -0.1) is 0 Å². The van der Waals surface area contributed by atoms with Crippen molar-refractivity contribution in [3.8, 4) is 0 Å². The molecule has 1 amide bonds. The van der Waals surface area contributed by atoms with Crippen molar-refractivity contribution >= 4 is 27.8 Å². The number of pyridine rings is 1. The van der Waals surface area contributed by atoms with E-state index in [1.807, 2.05) is 0 Å². The minimum absolute atomic E-state index is 0.142. The summed E-state index contributed by atoms with van der Waals surface area (Å²) in [7, 11) is -3.20. The largest absolute Gasteiger partial charge is 0.384 e. The van der Waals surface area contributed by atoms with E-state index in [0.717, 1.165) is 12.0 Å². The number of aromatic nitrogens is 1. The van der Waals surface area contributed by atoms with Gasteiger partial charge in [0.15, 0.2) is 0 Å². The van der Waals surface area contributed by atoms with Gasteiger partial charge in [-0.3, -0.25) is 4.79 Å². The molecule has 3 fully saturated rings. The van der Waals surface area contributed by atoms with Crippen LogP contribution in [-0.4, -0.2) is 61.7 Å². The van der Waals surface area contributed by atoms with Crippen LogP contribution in [0.2, 0.25) is 0 Å². The summed E-state index contributed by atoms with van der Waals surface area (Å²) in [5.74, 6) is 1.70. The molecule has 158 valence electrons. The average molecular weight is 421 g/mol. The van der Waals surface area contributed by atoms with Crippen LogP contribution in [0.3, 0.4) is 0 Å². The summed E-state index contributed by atoms with van der Waals surface area (Å²) in [6, 6.07) is 3.49. The Kier molecular flexibility index (Phi) is 5.89. The fraction of sp³-hybridized carbons (Fsp3) is 0.600. The molecule has 9 heteroatoms. The highest BCUT2D eigenvalue weighted by atomic mass is 32.2. The highest BCUT2D eigenvalue weighted by molar-refractivity contribution is 7.89. The van der Waals surface area contributed by atoms with Gasteiger partial charge < -0.3 is 15.8 Å².